The van der Waals surface area contributed by atoms with Gasteiger partial charge in [0.2, 0.25) is 0 Å². The molecule has 0 fully saturated rings. The Labute approximate surface area is 234 Å². The minimum absolute atomic E-state index is 0. The predicted molar refractivity (Wildman–Crippen MR) is 167 cm³/mol. The molecular formula is C32H58N6. The van der Waals surface area contributed by atoms with Gasteiger partial charge in [-0.2, -0.15) is 15.3 Å². The van der Waals surface area contributed by atoms with Gasteiger partial charge in [0.1, 0.15) is 0 Å². The summed E-state index contributed by atoms with van der Waals surface area (Å²) < 4.78 is 4.06. The lowest BCUT2D eigenvalue weighted by atomic mass is 10.0. The van der Waals surface area contributed by atoms with E-state index in [4.69, 9.17) is 0 Å². The molecule has 0 spiro atoms. The summed E-state index contributed by atoms with van der Waals surface area (Å²) in [4.78, 5) is 0. The molecule has 216 valence electrons. The zero-order valence-electron chi connectivity index (χ0n) is 25.7. The summed E-state index contributed by atoms with van der Waals surface area (Å²) in [5.74, 6) is 1.77. The normalized spacial score (nSPS) is 10.8. The van der Waals surface area contributed by atoms with Gasteiger partial charge in [0.15, 0.2) is 0 Å². The molecule has 0 saturated carbocycles. The van der Waals surface area contributed by atoms with Crippen molar-refractivity contribution in [2.75, 3.05) is 0 Å². The third-order valence-electron chi connectivity index (χ3n) is 5.65. The van der Waals surface area contributed by atoms with Crippen molar-refractivity contribution < 1.29 is 0 Å². The van der Waals surface area contributed by atoms with Gasteiger partial charge < -0.3 is 0 Å². The quantitative estimate of drug-likeness (QED) is 0.289. The summed E-state index contributed by atoms with van der Waals surface area (Å²) >= 11 is 0. The summed E-state index contributed by atoms with van der Waals surface area (Å²) in [6.07, 6.45) is 12.2. The number of nitrogens with zero attached hydrogens (tertiary/aromatic N) is 5. The maximum Gasteiger partial charge on any atom is 0.0696 e. The van der Waals surface area contributed by atoms with E-state index in [1.807, 2.05) is 89.2 Å². The van der Waals surface area contributed by atoms with Gasteiger partial charge in [0.25, 0.3) is 0 Å². The van der Waals surface area contributed by atoms with Crippen LogP contribution < -0.4 is 0 Å². The Hall–Kier alpha value is -2.89. The van der Waals surface area contributed by atoms with E-state index in [9.17, 15) is 0 Å². The molecule has 4 aromatic heterocycles. The van der Waals surface area contributed by atoms with Crippen LogP contribution in [0, 0.1) is 0 Å². The molecule has 0 unspecified atom stereocenters. The number of aryl methyl sites for hydroxylation is 1. The van der Waals surface area contributed by atoms with Gasteiger partial charge in [0, 0.05) is 30.2 Å². The first-order valence-electron chi connectivity index (χ1n) is 14.3. The van der Waals surface area contributed by atoms with Crippen LogP contribution in [0.25, 0.3) is 5.52 Å². The molecule has 0 radical (unpaired) electrons. The van der Waals surface area contributed by atoms with Crippen LogP contribution in [-0.4, -0.2) is 29.6 Å². The highest BCUT2D eigenvalue weighted by Gasteiger charge is 2.17. The number of pyridine rings is 1. The molecule has 6 heteroatoms. The largest absolute Gasteiger partial charge is 0.285 e. The Morgan fingerprint density at radius 3 is 1.87 bits per heavy atom. The number of nitrogens with one attached hydrogen (secondary N) is 1. The third-order valence-corrected chi connectivity index (χ3v) is 5.65. The van der Waals surface area contributed by atoms with E-state index in [0.717, 1.165) is 6.54 Å². The Morgan fingerprint density at radius 2 is 1.37 bits per heavy atom. The van der Waals surface area contributed by atoms with Gasteiger partial charge in [-0.1, -0.05) is 96.6 Å². The lowest BCUT2D eigenvalue weighted by Crippen LogP contribution is -1.95. The Kier molecular flexibility index (Phi) is 20.7. The number of aromatic amines is 1. The van der Waals surface area contributed by atoms with Crippen LogP contribution in [0.1, 0.15) is 137 Å². The molecular weight excluding hydrogens is 468 g/mol. The first-order chi connectivity index (χ1) is 17.9. The first kappa shape index (κ1) is 37.3. The highest BCUT2D eigenvalue weighted by molar-refractivity contribution is 5.54. The van der Waals surface area contributed by atoms with Crippen molar-refractivity contribution in [1.29, 1.82) is 0 Å². The lowest BCUT2D eigenvalue weighted by Gasteiger charge is -2.02. The molecule has 0 aliphatic carbocycles. The molecule has 1 N–H and O–H groups in total. The molecule has 0 amide bonds. The fourth-order valence-corrected chi connectivity index (χ4v) is 3.75. The summed E-state index contributed by atoms with van der Waals surface area (Å²) in [5.41, 5.74) is 6.72. The molecule has 4 aromatic rings. The van der Waals surface area contributed by atoms with Crippen LogP contribution in [-0.2, 0) is 13.0 Å². The van der Waals surface area contributed by atoms with E-state index in [-0.39, 0.29) is 7.43 Å². The highest BCUT2D eigenvalue weighted by atomic mass is 15.3. The highest BCUT2D eigenvalue weighted by Crippen LogP contribution is 2.24. The van der Waals surface area contributed by atoms with Crippen molar-refractivity contribution in [3.63, 3.8) is 0 Å². The molecule has 0 saturated heterocycles. The summed E-state index contributed by atoms with van der Waals surface area (Å²) in [7, 11) is 0. The minimum Gasteiger partial charge on any atom is -0.285 e. The van der Waals surface area contributed by atoms with Gasteiger partial charge in [-0.05, 0) is 53.9 Å². The van der Waals surface area contributed by atoms with Crippen molar-refractivity contribution in [2.45, 2.75) is 128 Å². The van der Waals surface area contributed by atoms with Crippen LogP contribution in [0.15, 0.2) is 49.2 Å². The van der Waals surface area contributed by atoms with E-state index in [1.54, 1.807) is 0 Å². The summed E-state index contributed by atoms with van der Waals surface area (Å²) in [5, 5.41) is 15.2. The average molecular weight is 527 g/mol. The standard InChI is InChI=1S/C10H12N2.C9H14N2.C6H10N2.3C2H6.CH4/c1-8(2)9-7-11-12-6-4-3-5-10(9)12;1-7(2)8-6-10-11-5-3-4-9(8)11;1-5(2)6-3-7-8-4-6;3*1-2;/h3-8H,1-2H3;6-7H,3-5H2,1-2H3;3-5H,1-2H3,(H,7,8);3*1-2H3;1H4. The lowest BCUT2D eigenvalue weighted by molar-refractivity contribution is 0.656. The fraction of sp³-hybridized carbons (Fsp3) is 0.594. The maximum atomic E-state index is 4.33. The summed E-state index contributed by atoms with van der Waals surface area (Å²) in [6.45, 7) is 26.2. The average Bonchev–Trinajstić information content (AvgIpc) is 3.72. The molecule has 1 aliphatic rings. The maximum absolute atomic E-state index is 4.33. The molecule has 0 atom stereocenters. The Bertz CT molecular complexity index is 1050. The topological polar surface area (TPSA) is 63.8 Å². The number of hydrogen-bond donors (Lipinski definition) is 1. The van der Waals surface area contributed by atoms with E-state index in [1.165, 1.54) is 40.7 Å². The van der Waals surface area contributed by atoms with Crippen molar-refractivity contribution in [3.05, 3.63) is 71.6 Å². The zero-order chi connectivity index (χ0) is 28.4. The monoisotopic (exact) mass is 526 g/mol. The van der Waals surface area contributed by atoms with Crippen LogP contribution in [0.3, 0.4) is 0 Å². The molecule has 5 heterocycles. The molecule has 5 rings (SSSR count). The van der Waals surface area contributed by atoms with E-state index < -0.39 is 0 Å². The predicted octanol–water partition coefficient (Wildman–Crippen LogP) is 9.66. The number of fused-ring (bicyclic) bond motifs is 2. The number of H-pyrrole nitrogens is 1. The van der Waals surface area contributed by atoms with Crippen molar-refractivity contribution >= 4 is 5.52 Å². The first-order valence-corrected chi connectivity index (χ1v) is 14.3. The fourth-order valence-electron chi connectivity index (χ4n) is 3.75. The van der Waals surface area contributed by atoms with Crippen molar-refractivity contribution in [2.24, 2.45) is 0 Å². The molecule has 38 heavy (non-hydrogen) atoms. The minimum atomic E-state index is 0. The zero-order valence-corrected chi connectivity index (χ0v) is 25.7. The van der Waals surface area contributed by atoms with Gasteiger partial charge in [-0.15, -0.1) is 0 Å². The van der Waals surface area contributed by atoms with E-state index in [0.29, 0.717) is 17.8 Å². The second kappa shape index (κ2) is 21.1. The number of hydrogen-bond acceptors (Lipinski definition) is 3. The van der Waals surface area contributed by atoms with Gasteiger partial charge in [-0.25, -0.2) is 4.52 Å². The number of aromatic nitrogens is 6. The SMILES string of the molecule is C.CC.CC.CC.CC(C)c1cn[nH]c1.CC(C)c1cnn2c1CCC2.CC(C)c1cnn2ccccc12. The van der Waals surface area contributed by atoms with E-state index >= 15 is 0 Å². The van der Waals surface area contributed by atoms with Gasteiger partial charge in [0.05, 0.1) is 24.1 Å². The molecule has 0 bridgehead atoms. The Balaban J connectivity index is 0. The van der Waals surface area contributed by atoms with E-state index in [2.05, 4.69) is 72.7 Å². The Morgan fingerprint density at radius 1 is 0.763 bits per heavy atom. The van der Waals surface area contributed by atoms with Crippen molar-refractivity contribution in [1.82, 2.24) is 29.6 Å². The second-order valence-electron chi connectivity index (χ2n) is 9.00. The molecule has 6 nitrogen and oxygen atoms in total. The smallest absolute Gasteiger partial charge is 0.0696 e. The number of rotatable bonds is 3. The van der Waals surface area contributed by atoms with Gasteiger partial charge in [-0.3, -0.25) is 9.78 Å². The summed E-state index contributed by atoms with van der Waals surface area (Å²) in [6, 6.07) is 6.13. The third kappa shape index (κ3) is 11.2. The van der Waals surface area contributed by atoms with Crippen molar-refractivity contribution in [3.8, 4) is 0 Å². The molecule has 1 aliphatic heterocycles. The van der Waals surface area contributed by atoms with Crippen LogP contribution in [0.2, 0.25) is 0 Å². The van der Waals surface area contributed by atoms with Crippen LogP contribution >= 0.6 is 0 Å². The van der Waals surface area contributed by atoms with Gasteiger partial charge >= 0.3 is 0 Å². The van der Waals surface area contributed by atoms with Crippen LogP contribution in [0.4, 0.5) is 0 Å². The van der Waals surface area contributed by atoms with Crippen LogP contribution in [0.5, 0.6) is 0 Å². The second-order valence-corrected chi connectivity index (χ2v) is 9.00. The molecule has 0 aromatic carbocycles.